The van der Waals surface area contributed by atoms with E-state index in [2.05, 4.69) is 27.0 Å². The number of aryl methyl sites for hydroxylation is 1. The van der Waals surface area contributed by atoms with Gasteiger partial charge in [-0.3, -0.25) is 9.48 Å². The number of aromatic nitrogens is 4. The molecule has 10 heteroatoms. The number of carbonyl (C=O) groups excluding carboxylic acids is 1. The van der Waals surface area contributed by atoms with Crippen molar-refractivity contribution >= 4 is 23.1 Å². The zero-order valence-electron chi connectivity index (χ0n) is 18.3. The van der Waals surface area contributed by atoms with Crippen LogP contribution in [0.15, 0.2) is 31.2 Å². The zero-order valence-corrected chi connectivity index (χ0v) is 18.3. The molecule has 0 unspecified atom stereocenters. The van der Waals surface area contributed by atoms with Crippen LogP contribution >= 0.6 is 0 Å². The topological polar surface area (TPSA) is 111 Å². The summed E-state index contributed by atoms with van der Waals surface area (Å²) in [5, 5.41) is 7.51. The van der Waals surface area contributed by atoms with E-state index >= 15 is 0 Å². The summed E-state index contributed by atoms with van der Waals surface area (Å²) in [5.74, 6) is 0.277. The molecule has 1 amide bonds. The monoisotopic (exact) mass is 441 g/mol. The Balaban J connectivity index is 1.61. The van der Waals surface area contributed by atoms with Gasteiger partial charge in [-0.2, -0.15) is 10.1 Å². The molecule has 170 valence electrons. The molecular weight excluding hydrogens is 413 g/mol. The van der Waals surface area contributed by atoms with E-state index in [1.54, 1.807) is 6.20 Å². The number of nitrogens with one attached hydrogen (secondary N) is 1. The van der Waals surface area contributed by atoms with Gasteiger partial charge in [0.2, 0.25) is 17.7 Å². The third-order valence-electron chi connectivity index (χ3n) is 5.71. The van der Waals surface area contributed by atoms with Gasteiger partial charge < -0.3 is 20.7 Å². The van der Waals surface area contributed by atoms with Crippen LogP contribution in [0.25, 0.3) is 5.57 Å². The average molecular weight is 442 g/mol. The smallest absolute Gasteiger partial charge is 0.246 e. The van der Waals surface area contributed by atoms with E-state index in [1.807, 2.05) is 24.7 Å². The summed E-state index contributed by atoms with van der Waals surface area (Å²) < 4.78 is 22.7. The molecule has 9 nitrogen and oxygen atoms in total. The van der Waals surface area contributed by atoms with E-state index in [0.29, 0.717) is 35.4 Å². The summed E-state index contributed by atoms with van der Waals surface area (Å²) in [7, 11) is 0. The number of nitrogens with zero attached hydrogens (tertiary/aromatic N) is 5. The Morgan fingerprint density at radius 3 is 2.84 bits per heavy atom. The van der Waals surface area contributed by atoms with Crippen LogP contribution in [0.1, 0.15) is 43.5 Å². The highest BCUT2D eigenvalue weighted by Gasteiger charge is 2.34. The fourth-order valence-corrected chi connectivity index (χ4v) is 3.77. The van der Waals surface area contributed by atoms with E-state index in [0.717, 1.165) is 18.5 Å². The molecule has 1 saturated carbocycles. The number of hydrogen-bond donors (Lipinski definition) is 2. The first-order valence-electron chi connectivity index (χ1n) is 10.7. The van der Waals surface area contributed by atoms with Crippen LogP contribution in [-0.4, -0.2) is 55.9 Å². The Morgan fingerprint density at radius 1 is 1.38 bits per heavy atom. The number of piperidine rings is 1. The highest BCUT2D eigenvalue weighted by molar-refractivity contribution is 5.87. The molecule has 2 aromatic rings. The van der Waals surface area contributed by atoms with Gasteiger partial charge in [0.1, 0.15) is 12.3 Å². The molecular formula is C22H28FN7O2. The second kappa shape index (κ2) is 8.97. The molecule has 1 aliphatic carbocycles. The van der Waals surface area contributed by atoms with Crippen molar-refractivity contribution in [2.24, 2.45) is 5.73 Å². The summed E-state index contributed by atoms with van der Waals surface area (Å²) >= 11 is 0. The Morgan fingerprint density at radius 2 is 2.16 bits per heavy atom. The summed E-state index contributed by atoms with van der Waals surface area (Å²) in [6.07, 6.45) is 6.63. The predicted octanol–water partition coefficient (Wildman–Crippen LogP) is 2.88. The summed E-state index contributed by atoms with van der Waals surface area (Å²) in [6.45, 7) is 7.57. The maximum atomic E-state index is 14.7. The van der Waals surface area contributed by atoms with Crippen LogP contribution in [0.4, 0.5) is 16.0 Å². The van der Waals surface area contributed by atoms with Crippen molar-refractivity contribution in [2.45, 2.75) is 51.4 Å². The van der Waals surface area contributed by atoms with Gasteiger partial charge in [0.05, 0.1) is 35.7 Å². The van der Waals surface area contributed by atoms with Gasteiger partial charge in [0.15, 0.2) is 0 Å². The molecule has 0 bridgehead atoms. The van der Waals surface area contributed by atoms with E-state index < -0.39 is 12.3 Å². The van der Waals surface area contributed by atoms with E-state index in [9.17, 15) is 9.18 Å². The lowest BCUT2D eigenvalue weighted by Crippen LogP contribution is -2.49. The SMILES string of the molecule is C=CC(=O)N1CC[C@@H](F)[C@@H](Oc2nc(Nc3cnn(C4CC4)c3)nc(C)c2/C(C)=C\N)C1. The standard InChI is InChI=1S/C22H28FN7O2/c1-4-19(31)29-8-7-17(23)18(12-29)32-21-20(13(2)9-24)14(3)26-22(28-21)27-15-10-25-30(11-15)16-5-6-16/h4,9-11,16-18H,1,5-8,12,24H2,2-3H3,(H,26,27,28)/b13-9-/t17-,18+/m1/s1. The van der Waals surface area contributed by atoms with Crippen molar-refractivity contribution < 1.29 is 13.9 Å². The summed E-state index contributed by atoms with van der Waals surface area (Å²) in [5.41, 5.74) is 8.44. The van der Waals surface area contributed by atoms with Crippen LogP contribution in [-0.2, 0) is 4.79 Å². The van der Waals surface area contributed by atoms with Gasteiger partial charge in [-0.15, -0.1) is 0 Å². The molecule has 1 aliphatic heterocycles. The number of likely N-dealkylation sites (tertiary alicyclic amines) is 1. The van der Waals surface area contributed by atoms with Gasteiger partial charge in [0.25, 0.3) is 0 Å². The molecule has 2 atom stereocenters. The second-order valence-electron chi connectivity index (χ2n) is 8.18. The number of amides is 1. The van der Waals surface area contributed by atoms with Crippen LogP contribution < -0.4 is 15.8 Å². The van der Waals surface area contributed by atoms with Gasteiger partial charge >= 0.3 is 0 Å². The summed E-state index contributed by atoms with van der Waals surface area (Å²) in [4.78, 5) is 22.6. The van der Waals surface area contributed by atoms with Gasteiger partial charge in [-0.1, -0.05) is 6.58 Å². The number of nitrogens with two attached hydrogens (primary N) is 1. The Kier molecular flexibility index (Phi) is 6.11. The maximum absolute atomic E-state index is 14.7. The highest BCUT2D eigenvalue weighted by Crippen LogP contribution is 2.35. The minimum atomic E-state index is -1.23. The number of carbonyl (C=O) groups is 1. The third kappa shape index (κ3) is 4.58. The number of ether oxygens (including phenoxy) is 1. The van der Waals surface area contributed by atoms with Crippen LogP contribution in [0, 0.1) is 6.92 Å². The molecule has 2 aromatic heterocycles. The first-order chi connectivity index (χ1) is 15.4. The van der Waals surface area contributed by atoms with Gasteiger partial charge in [-0.25, -0.2) is 9.37 Å². The van der Waals surface area contributed by atoms with Crippen molar-refractivity contribution in [3.8, 4) is 5.88 Å². The molecule has 32 heavy (non-hydrogen) atoms. The summed E-state index contributed by atoms with van der Waals surface area (Å²) in [6, 6.07) is 0.459. The first-order valence-corrected chi connectivity index (χ1v) is 10.7. The number of alkyl halides is 1. The minimum Gasteiger partial charge on any atom is -0.469 e. The second-order valence-corrected chi connectivity index (χ2v) is 8.18. The fraction of sp³-hybridized carbons (Fsp3) is 0.455. The number of rotatable bonds is 7. The molecule has 3 heterocycles. The van der Waals surface area contributed by atoms with Crippen molar-refractivity contribution in [3.63, 3.8) is 0 Å². The average Bonchev–Trinajstić information content (AvgIpc) is 3.53. The van der Waals surface area contributed by atoms with E-state index in [4.69, 9.17) is 10.5 Å². The van der Waals surface area contributed by atoms with Crippen molar-refractivity contribution in [1.82, 2.24) is 24.6 Å². The normalized spacial score (nSPS) is 21.3. The van der Waals surface area contributed by atoms with Crippen molar-refractivity contribution in [1.29, 1.82) is 0 Å². The van der Waals surface area contributed by atoms with Crippen LogP contribution in [0.5, 0.6) is 5.88 Å². The number of allylic oxidation sites excluding steroid dienone is 1. The van der Waals surface area contributed by atoms with Gasteiger partial charge in [-0.05, 0) is 51.0 Å². The molecule has 0 radical (unpaired) electrons. The number of anilines is 2. The zero-order chi connectivity index (χ0) is 22.8. The lowest BCUT2D eigenvalue weighted by molar-refractivity contribution is -0.130. The largest absolute Gasteiger partial charge is 0.469 e. The Bertz CT molecular complexity index is 1050. The molecule has 2 fully saturated rings. The molecule has 0 aromatic carbocycles. The fourth-order valence-electron chi connectivity index (χ4n) is 3.77. The minimum absolute atomic E-state index is 0.108. The van der Waals surface area contributed by atoms with Crippen LogP contribution in [0.2, 0.25) is 0 Å². The Labute approximate surface area is 186 Å². The van der Waals surface area contributed by atoms with Gasteiger partial charge in [0, 0.05) is 12.7 Å². The number of hydrogen-bond acceptors (Lipinski definition) is 7. The molecule has 4 rings (SSSR count). The first kappa shape index (κ1) is 21.8. The quantitative estimate of drug-likeness (QED) is 0.636. The molecule has 3 N–H and O–H groups in total. The van der Waals surface area contributed by atoms with Crippen LogP contribution in [0.3, 0.4) is 0 Å². The highest BCUT2D eigenvalue weighted by atomic mass is 19.1. The Hall–Kier alpha value is -3.43. The predicted molar refractivity (Wildman–Crippen MR) is 119 cm³/mol. The van der Waals surface area contributed by atoms with Crippen molar-refractivity contribution in [3.05, 3.63) is 42.5 Å². The molecule has 2 aliphatic rings. The molecule has 1 saturated heterocycles. The number of halogens is 1. The van der Waals surface area contributed by atoms with E-state index in [-0.39, 0.29) is 24.8 Å². The van der Waals surface area contributed by atoms with E-state index in [1.165, 1.54) is 17.2 Å². The lowest BCUT2D eigenvalue weighted by atomic mass is 10.1. The molecule has 0 spiro atoms. The maximum Gasteiger partial charge on any atom is 0.246 e. The van der Waals surface area contributed by atoms with Crippen molar-refractivity contribution in [2.75, 3.05) is 18.4 Å². The third-order valence-corrected chi connectivity index (χ3v) is 5.71. The lowest BCUT2D eigenvalue weighted by Gasteiger charge is -2.34.